The molecule has 0 radical (unpaired) electrons. The van der Waals surface area contributed by atoms with Gasteiger partial charge in [-0.25, -0.2) is 0 Å². The maximum Gasteiger partial charge on any atom is 0.0187 e. The van der Waals surface area contributed by atoms with Gasteiger partial charge in [0.05, 0.1) is 0 Å². The summed E-state index contributed by atoms with van der Waals surface area (Å²) in [6.07, 6.45) is 2.19. The fraction of sp³-hybridized carbons (Fsp3) is 0.368. The van der Waals surface area contributed by atoms with Gasteiger partial charge in [0.1, 0.15) is 0 Å². The minimum atomic E-state index is 0.113. The minimum Gasteiger partial charge on any atom is -0.330 e. The van der Waals surface area contributed by atoms with Gasteiger partial charge in [0, 0.05) is 5.41 Å². The predicted molar refractivity (Wildman–Crippen MR) is 86.1 cm³/mol. The molecule has 3 rings (SSSR count). The second-order valence-corrected chi connectivity index (χ2v) is 6.32. The van der Waals surface area contributed by atoms with Gasteiger partial charge in [-0.15, -0.1) is 0 Å². The molecule has 0 saturated heterocycles. The van der Waals surface area contributed by atoms with E-state index in [0.717, 1.165) is 19.4 Å². The van der Waals surface area contributed by atoms with E-state index < -0.39 is 0 Å². The van der Waals surface area contributed by atoms with E-state index in [1.807, 2.05) is 0 Å². The Balaban J connectivity index is 2.24. The molecule has 2 N–H and O–H groups in total. The summed E-state index contributed by atoms with van der Waals surface area (Å²) >= 11 is 0. The fourth-order valence-corrected chi connectivity index (χ4v) is 3.57. The maximum absolute atomic E-state index is 5.77. The van der Waals surface area contributed by atoms with Crippen LogP contribution in [0.1, 0.15) is 42.0 Å². The first-order valence-corrected chi connectivity index (χ1v) is 7.49. The zero-order chi connectivity index (χ0) is 14.3. The molecule has 2 aromatic carbocycles. The van der Waals surface area contributed by atoms with E-state index in [9.17, 15) is 0 Å². The molecule has 0 heterocycles. The minimum absolute atomic E-state index is 0.113. The molecule has 0 aliphatic heterocycles. The van der Waals surface area contributed by atoms with Gasteiger partial charge >= 0.3 is 0 Å². The van der Waals surface area contributed by atoms with Crippen LogP contribution in [0.15, 0.2) is 36.4 Å². The molecular formula is C19H23N. The van der Waals surface area contributed by atoms with Gasteiger partial charge in [-0.05, 0) is 55.5 Å². The van der Waals surface area contributed by atoms with E-state index in [0.29, 0.717) is 0 Å². The lowest BCUT2D eigenvalue weighted by Gasteiger charge is -2.28. The van der Waals surface area contributed by atoms with Crippen molar-refractivity contribution in [3.63, 3.8) is 0 Å². The van der Waals surface area contributed by atoms with Crippen molar-refractivity contribution < 1.29 is 0 Å². The van der Waals surface area contributed by atoms with Crippen LogP contribution in [0.5, 0.6) is 0 Å². The molecule has 0 unspecified atom stereocenters. The Morgan fingerprint density at radius 2 is 1.40 bits per heavy atom. The van der Waals surface area contributed by atoms with Gasteiger partial charge in [0.15, 0.2) is 0 Å². The third-order valence-electron chi connectivity index (χ3n) is 4.71. The molecule has 0 aromatic heterocycles. The zero-order valence-electron chi connectivity index (χ0n) is 12.7. The van der Waals surface area contributed by atoms with Crippen LogP contribution in [0, 0.1) is 13.8 Å². The average Bonchev–Trinajstić information content (AvgIpc) is 2.67. The van der Waals surface area contributed by atoms with Crippen LogP contribution in [-0.4, -0.2) is 6.54 Å². The predicted octanol–water partition coefficient (Wildman–Crippen LogP) is 4.33. The van der Waals surface area contributed by atoms with Crippen molar-refractivity contribution in [2.45, 2.75) is 39.0 Å². The molecule has 1 nitrogen and oxygen atoms in total. The van der Waals surface area contributed by atoms with Crippen molar-refractivity contribution in [2.24, 2.45) is 5.73 Å². The Morgan fingerprint density at radius 3 is 1.85 bits per heavy atom. The molecule has 2 aromatic rings. The standard InChI is InChI=1S/C19H23N/c1-13-5-7-15-16-8-6-14(2)12-18(16)19(3,9-4-10-20)17(15)11-13/h5-8,11-12H,4,9-10,20H2,1-3H3. The molecule has 0 amide bonds. The van der Waals surface area contributed by atoms with Gasteiger partial charge < -0.3 is 5.73 Å². The van der Waals surface area contributed by atoms with Crippen molar-refractivity contribution in [1.29, 1.82) is 0 Å². The molecule has 20 heavy (non-hydrogen) atoms. The van der Waals surface area contributed by atoms with Crippen LogP contribution in [0.4, 0.5) is 0 Å². The van der Waals surface area contributed by atoms with Crippen LogP contribution in [0.2, 0.25) is 0 Å². The zero-order valence-corrected chi connectivity index (χ0v) is 12.7. The third-order valence-corrected chi connectivity index (χ3v) is 4.71. The first-order valence-electron chi connectivity index (χ1n) is 7.49. The first kappa shape index (κ1) is 13.4. The van der Waals surface area contributed by atoms with Crippen molar-refractivity contribution in [1.82, 2.24) is 0 Å². The summed E-state index contributed by atoms with van der Waals surface area (Å²) < 4.78 is 0. The molecule has 0 spiro atoms. The Labute approximate surface area is 121 Å². The highest BCUT2D eigenvalue weighted by Crippen LogP contribution is 2.51. The Bertz CT molecular complexity index is 603. The number of hydrogen-bond donors (Lipinski definition) is 1. The van der Waals surface area contributed by atoms with Crippen LogP contribution < -0.4 is 5.73 Å². The largest absolute Gasteiger partial charge is 0.330 e. The summed E-state index contributed by atoms with van der Waals surface area (Å²) in [5, 5.41) is 0. The summed E-state index contributed by atoms with van der Waals surface area (Å²) in [5.41, 5.74) is 14.3. The van der Waals surface area contributed by atoms with Gasteiger partial charge in [0.25, 0.3) is 0 Å². The van der Waals surface area contributed by atoms with Crippen LogP contribution in [0.3, 0.4) is 0 Å². The molecule has 0 bridgehead atoms. The van der Waals surface area contributed by atoms with Gasteiger partial charge in [0.2, 0.25) is 0 Å². The molecule has 0 atom stereocenters. The Kier molecular flexibility index (Phi) is 3.18. The Morgan fingerprint density at radius 1 is 0.900 bits per heavy atom. The summed E-state index contributed by atoms with van der Waals surface area (Å²) in [6.45, 7) is 7.50. The van der Waals surface area contributed by atoms with Crippen LogP contribution in [0.25, 0.3) is 11.1 Å². The van der Waals surface area contributed by atoms with Crippen molar-refractivity contribution in [2.75, 3.05) is 6.54 Å². The molecule has 1 aliphatic rings. The summed E-state index contributed by atoms with van der Waals surface area (Å²) in [4.78, 5) is 0. The normalized spacial score (nSPS) is 15.0. The van der Waals surface area contributed by atoms with Crippen molar-refractivity contribution in [3.05, 3.63) is 58.7 Å². The number of fused-ring (bicyclic) bond motifs is 3. The van der Waals surface area contributed by atoms with Crippen LogP contribution >= 0.6 is 0 Å². The lowest BCUT2D eigenvalue weighted by atomic mass is 9.76. The van der Waals surface area contributed by atoms with E-state index in [2.05, 4.69) is 57.2 Å². The maximum atomic E-state index is 5.77. The number of hydrogen-bond acceptors (Lipinski definition) is 1. The van der Waals surface area contributed by atoms with Gasteiger partial charge in [-0.3, -0.25) is 0 Å². The Hall–Kier alpha value is -1.60. The average molecular weight is 265 g/mol. The molecule has 1 aliphatic carbocycles. The molecule has 0 saturated carbocycles. The number of rotatable bonds is 3. The third kappa shape index (κ3) is 1.89. The second kappa shape index (κ2) is 4.75. The van der Waals surface area contributed by atoms with E-state index >= 15 is 0 Å². The molecule has 0 fully saturated rings. The quantitative estimate of drug-likeness (QED) is 0.878. The van der Waals surface area contributed by atoms with Gasteiger partial charge in [-0.1, -0.05) is 54.4 Å². The summed E-state index contributed by atoms with van der Waals surface area (Å²) in [7, 11) is 0. The lowest BCUT2D eigenvalue weighted by Crippen LogP contribution is -2.22. The van der Waals surface area contributed by atoms with Crippen molar-refractivity contribution >= 4 is 0 Å². The van der Waals surface area contributed by atoms with Crippen LogP contribution in [-0.2, 0) is 5.41 Å². The second-order valence-electron chi connectivity index (χ2n) is 6.32. The number of benzene rings is 2. The highest BCUT2D eigenvalue weighted by molar-refractivity contribution is 5.81. The van der Waals surface area contributed by atoms with Crippen molar-refractivity contribution in [3.8, 4) is 11.1 Å². The SMILES string of the molecule is Cc1ccc2c(c1)C(C)(CCCN)c1cc(C)ccc1-2. The van der Waals surface area contributed by atoms with E-state index in [1.54, 1.807) is 0 Å². The first-order chi connectivity index (χ1) is 9.56. The van der Waals surface area contributed by atoms with E-state index in [4.69, 9.17) is 5.73 Å². The molecule has 104 valence electrons. The highest BCUT2D eigenvalue weighted by Gasteiger charge is 2.38. The monoisotopic (exact) mass is 265 g/mol. The number of nitrogens with two attached hydrogens (primary N) is 1. The number of aryl methyl sites for hydroxylation is 2. The molecule has 1 heteroatoms. The summed E-state index contributed by atoms with van der Waals surface area (Å²) in [5.74, 6) is 0. The van der Waals surface area contributed by atoms with Gasteiger partial charge in [-0.2, -0.15) is 0 Å². The smallest absolute Gasteiger partial charge is 0.0187 e. The fourth-order valence-electron chi connectivity index (χ4n) is 3.57. The highest BCUT2D eigenvalue weighted by atomic mass is 14.5. The van der Waals surface area contributed by atoms with E-state index in [1.165, 1.54) is 33.4 Å². The van der Waals surface area contributed by atoms with E-state index in [-0.39, 0.29) is 5.41 Å². The summed E-state index contributed by atoms with van der Waals surface area (Å²) in [6, 6.07) is 13.7. The molecular weight excluding hydrogens is 242 g/mol. The lowest BCUT2D eigenvalue weighted by molar-refractivity contribution is 0.512. The topological polar surface area (TPSA) is 26.0 Å².